The molecule has 8 N–H and O–H groups in total. The van der Waals surface area contributed by atoms with E-state index < -0.39 is 28.0 Å². The summed E-state index contributed by atoms with van der Waals surface area (Å²) in [6.07, 6.45) is 1.12. The topological polar surface area (TPSA) is 201 Å². The van der Waals surface area contributed by atoms with E-state index in [1.165, 1.54) is 18.2 Å². The number of hydrogen-bond donors (Lipinski definition) is 8. The van der Waals surface area contributed by atoms with E-state index in [1.807, 2.05) is 30.3 Å². The van der Waals surface area contributed by atoms with Crippen molar-refractivity contribution >= 4 is 99.5 Å². The number of thiocarbonyl (C=S) groups is 1. The molecule has 0 saturated carbocycles. The normalized spacial score (nSPS) is 12.0. The van der Waals surface area contributed by atoms with Gasteiger partial charge in [0.25, 0.3) is 21.9 Å². The van der Waals surface area contributed by atoms with Gasteiger partial charge in [0.2, 0.25) is 0 Å². The van der Waals surface area contributed by atoms with E-state index in [9.17, 15) is 28.2 Å². The second-order valence-electron chi connectivity index (χ2n) is 8.86. The zero-order chi connectivity index (χ0) is 32.0. The Labute approximate surface area is 272 Å². The number of hydrogen-bond acceptors (Lipinski definition) is 9. The molecule has 1 atom stereocenters. The van der Waals surface area contributed by atoms with Crippen molar-refractivity contribution in [3.8, 4) is 11.5 Å². The number of nitrogens with one attached hydrogen (secondary N) is 5. The summed E-state index contributed by atoms with van der Waals surface area (Å²) in [4.78, 5) is 26.1. The number of aromatic hydroxyl groups is 2. The monoisotopic (exact) mass is 764 g/mol. The van der Waals surface area contributed by atoms with E-state index in [0.29, 0.717) is 11.4 Å². The van der Waals surface area contributed by atoms with Crippen molar-refractivity contribution in [2.75, 3.05) is 10.6 Å². The molecule has 0 aliphatic carbocycles. The highest BCUT2D eigenvalue weighted by Gasteiger charge is 2.27. The fourth-order valence-electron chi connectivity index (χ4n) is 3.77. The highest BCUT2D eigenvalue weighted by molar-refractivity contribution is 9.11. The zero-order valence-electron chi connectivity index (χ0n) is 22.1. The average molecular weight is 766 g/mol. The number of benzene rings is 4. The minimum absolute atomic E-state index is 0.0135. The third-order valence-corrected chi connectivity index (χ3v) is 8.33. The predicted octanol–water partition coefficient (Wildman–Crippen LogP) is 3.97. The van der Waals surface area contributed by atoms with Gasteiger partial charge in [-0.15, -0.1) is 0 Å². The van der Waals surface area contributed by atoms with E-state index in [-0.39, 0.29) is 36.0 Å². The molecule has 228 valence electrons. The van der Waals surface area contributed by atoms with E-state index in [4.69, 9.17) is 16.8 Å². The van der Waals surface area contributed by atoms with Crippen LogP contribution in [-0.4, -0.2) is 52.4 Å². The Kier molecular flexibility index (Phi) is 10.4. The molecule has 0 aliphatic rings. The lowest BCUT2D eigenvalue weighted by Crippen LogP contribution is -2.54. The van der Waals surface area contributed by atoms with Gasteiger partial charge in [0.15, 0.2) is 11.2 Å². The van der Waals surface area contributed by atoms with Gasteiger partial charge in [0.1, 0.15) is 16.0 Å². The molecular formula is C27H22Br2N6O7S2. The van der Waals surface area contributed by atoms with E-state index in [2.05, 4.69) is 63.9 Å². The number of rotatable bonds is 8. The lowest BCUT2D eigenvalue weighted by atomic mass is 10.1. The molecule has 44 heavy (non-hydrogen) atoms. The molecule has 1 unspecified atom stereocenters. The molecule has 0 aliphatic heterocycles. The number of fused-ring (bicyclic) bond motifs is 1. The van der Waals surface area contributed by atoms with Crippen LogP contribution in [0.15, 0.2) is 91.7 Å². The highest BCUT2D eigenvalue weighted by atomic mass is 79.9. The first-order chi connectivity index (χ1) is 20.8. The van der Waals surface area contributed by atoms with Crippen LogP contribution in [0.5, 0.6) is 11.5 Å². The summed E-state index contributed by atoms with van der Waals surface area (Å²) in [5.74, 6) is -2.28. The summed E-state index contributed by atoms with van der Waals surface area (Å²) < 4.78 is 31.9. The van der Waals surface area contributed by atoms with Gasteiger partial charge in [0.05, 0.1) is 15.6 Å². The molecule has 0 aromatic heterocycles. The third-order valence-electron chi connectivity index (χ3n) is 5.90. The van der Waals surface area contributed by atoms with Gasteiger partial charge in [-0.2, -0.15) is 13.5 Å². The minimum atomic E-state index is -4.37. The molecule has 4 aromatic rings. The quantitative estimate of drug-likeness (QED) is 0.0424. The van der Waals surface area contributed by atoms with Crippen LogP contribution in [0.1, 0.15) is 5.56 Å². The second-order valence-corrected chi connectivity index (χ2v) is 12.3. The van der Waals surface area contributed by atoms with E-state index >= 15 is 0 Å². The van der Waals surface area contributed by atoms with Gasteiger partial charge in [-0.3, -0.25) is 25.0 Å². The van der Waals surface area contributed by atoms with Crippen molar-refractivity contribution in [3.63, 3.8) is 0 Å². The Balaban J connectivity index is 1.50. The highest BCUT2D eigenvalue weighted by Crippen LogP contribution is 2.40. The molecule has 0 bridgehead atoms. The summed E-state index contributed by atoms with van der Waals surface area (Å²) in [7, 11) is -4.37. The number of amides is 2. The van der Waals surface area contributed by atoms with Crippen molar-refractivity contribution in [3.05, 3.63) is 87.3 Å². The molecular weight excluding hydrogens is 744 g/mol. The summed E-state index contributed by atoms with van der Waals surface area (Å²) in [6.45, 7) is 0. The number of nitrogens with zero attached hydrogens (tertiary/aromatic N) is 1. The number of halogens is 2. The summed E-state index contributed by atoms with van der Waals surface area (Å²) in [6, 6.07) is 17.5. The maximum Gasteiger partial charge on any atom is 0.294 e. The van der Waals surface area contributed by atoms with Gasteiger partial charge in [-0.05, 0) is 85.9 Å². The van der Waals surface area contributed by atoms with E-state index in [1.54, 1.807) is 12.1 Å². The first kappa shape index (κ1) is 32.6. The molecule has 2 amide bonds. The fourth-order valence-corrected chi connectivity index (χ4v) is 5.57. The summed E-state index contributed by atoms with van der Waals surface area (Å²) in [5.41, 5.74) is 8.04. The molecule has 4 rings (SSSR count). The number of phenolic OH excluding ortho intramolecular Hbond substituents is 2. The maximum absolute atomic E-state index is 13.2. The van der Waals surface area contributed by atoms with Crippen molar-refractivity contribution in [1.82, 2.24) is 16.3 Å². The number of carbonyl (C=O) groups excluding carboxylic acids is 2. The van der Waals surface area contributed by atoms with Gasteiger partial charge in [-0.25, -0.2) is 5.43 Å². The van der Waals surface area contributed by atoms with Crippen LogP contribution in [0.2, 0.25) is 0 Å². The molecule has 0 saturated heterocycles. The molecule has 0 heterocycles. The molecule has 13 nitrogen and oxygen atoms in total. The first-order valence-electron chi connectivity index (χ1n) is 12.3. The first-order valence-corrected chi connectivity index (χ1v) is 15.7. The Morgan fingerprint density at radius 2 is 1.59 bits per heavy atom. The van der Waals surface area contributed by atoms with Crippen molar-refractivity contribution in [2.24, 2.45) is 5.10 Å². The maximum atomic E-state index is 13.2. The Morgan fingerprint density at radius 1 is 0.909 bits per heavy atom. The van der Waals surface area contributed by atoms with Crippen LogP contribution in [0, 0.1) is 0 Å². The minimum Gasteiger partial charge on any atom is -0.506 e. The summed E-state index contributed by atoms with van der Waals surface area (Å²) in [5, 5.41) is 31.2. The Morgan fingerprint density at radius 3 is 2.30 bits per heavy atom. The summed E-state index contributed by atoms with van der Waals surface area (Å²) >= 11 is 11.4. The second kappa shape index (κ2) is 14.0. The van der Waals surface area contributed by atoms with Crippen LogP contribution in [0.25, 0.3) is 10.8 Å². The van der Waals surface area contributed by atoms with Crippen molar-refractivity contribution in [2.45, 2.75) is 10.9 Å². The number of anilines is 2. The fraction of sp³-hybridized carbons (Fsp3) is 0.0370. The van der Waals surface area contributed by atoms with Crippen LogP contribution < -0.4 is 26.9 Å². The molecule has 4 aromatic carbocycles. The van der Waals surface area contributed by atoms with Gasteiger partial charge >= 0.3 is 0 Å². The van der Waals surface area contributed by atoms with Crippen molar-refractivity contribution < 1.29 is 32.8 Å². The smallest absolute Gasteiger partial charge is 0.294 e. The molecule has 0 spiro atoms. The Bertz CT molecular complexity index is 1880. The lowest BCUT2D eigenvalue weighted by molar-refractivity contribution is -0.130. The van der Waals surface area contributed by atoms with Gasteiger partial charge < -0.3 is 20.8 Å². The zero-order valence-corrected chi connectivity index (χ0v) is 26.9. The third kappa shape index (κ3) is 8.00. The van der Waals surface area contributed by atoms with E-state index in [0.717, 1.165) is 29.1 Å². The average Bonchev–Trinajstić information content (AvgIpc) is 2.99. The number of phenols is 2. The number of hydrazine groups is 1. The van der Waals surface area contributed by atoms with Crippen LogP contribution in [0.4, 0.5) is 11.4 Å². The van der Waals surface area contributed by atoms with Crippen LogP contribution in [-0.2, 0) is 19.7 Å². The number of hydrazone groups is 1. The largest absolute Gasteiger partial charge is 0.506 e. The SMILES string of the molecule is O=C(N/N=C/c1cc(Br)c(O)c(Br)c1O)C(Nc1cccc2ccccc12)C(=O)NNC(=S)Nc1ccc(S(=O)(=O)O)cc1. The van der Waals surface area contributed by atoms with Crippen molar-refractivity contribution in [1.29, 1.82) is 0 Å². The van der Waals surface area contributed by atoms with Crippen LogP contribution >= 0.6 is 44.1 Å². The molecule has 0 radical (unpaired) electrons. The molecule has 17 heteroatoms. The Hall–Kier alpha value is -4.29. The predicted molar refractivity (Wildman–Crippen MR) is 176 cm³/mol. The standard InChI is InChI=1S/C27H22Br2N6O7S2/c28-19-12-15(23(36)21(29)24(19)37)13-30-33-25(38)22(32-20-7-3-5-14-4-1-2-6-18(14)20)26(39)34-35-27(43)31-16-8-10-17(11-9-16)44(40,41)42/h1-13,22,32,36-37H,(H,33,38)(H,34,39)(H2,31,35,43)(H,40,41,42)/b30-13+. The molecule has 0 fully saturated rings. The van der Waals surface area contributed by atoms with Gasteiger partial charge in [0, 0.05) is 22.3 Å². The van der Waals surface area contributed by atoms with Gasteiger partial charge in [-0.1, -0.05) is 36.4 Å². The lowest BCUT2D eigenvalue weighted by Gasteiger charge is -2.20. The number of carbonyl (C=O) groups is 2. The van der Waals surface area contributed by atoms with Crippen LogP contribution in [0.3, 0.4) is 0 Å².